The van der Waals surface area contributed by atoms with Gasteiger partial charge in [0.2, 0.25) is 0 Å². The molecule has 0 spiro atoms. The molecule has 13 heavy (non-hydrogen) atoms. The second kappa shape index (κ2) is 3.69. The van der Waals surface area contributed by atoms with Gasteiger partial charge in [-0.1, -0.05) is 12.8 Å². The maximum Gasteiger partial charge on any atom is 0.428 e. The van der Waals surface area contributed by atoms with Crippen molar-refractivity contribution in [2.75, 3.05) is 20.8 Å². The van der Waals surface area contributed by atoms with E-state index in [0.717, 1.165) is 12.1 Å². The van der Waals surface area contributed by atoms with Gasteiger partial charge in [0.15, 0.2) is 0 Å². The van der Waals surface area contributed by atoms with Crippen LogP contribution in [0.5, 0.6) is 0 Å². The van der Waals surface area contributed by atoms with Crippen molar-refractivity contribution in [1.82, 2.24) is 4.57 Å². The average Bonchev–Trinajstić information content (AvgIpc) is 2.58. The molecule has 1 saturated carbocycles. The molecular formula is C9H19NO2Si. The molecule has 0 atom stereocenters. The molecule has 0 bridgehead atoms. The van der Waals surface area contributed by atoms with Gasteiger partial charge in [0, 0.05) is 26.3 Å². The summed E-state index contributed by atoms with van der Waals surface area (Å²) < 4.78 is 13.7. The van der Waals surface area contributed by atoms with Gasteiger partial charge in [0.1, 0.15) is 0 Å². The van der Waals surface area contributed by atoms with Crippen molar-refractivity contribution in [1.29, 1.82) is 0 Å². The summed E-state index contributed by atoms with van der Waals surface area (Å²) >= 11 is 0. The molecule has 76 valence electrons. The Balaban J connectivity index is 1.99. The summed E-state index contributed by atoms with van der Waals surface area (Å²) in [5, 5.41) is 0. The van der Waals surface area contributed by atoms with Crippen molar-refractivity contribution in [2.45, 2.75) is 37.8 Å². The van der Waals surface area contributed by atoms with Crippen LogP contribution < -0.4 is 0 Å². The van der Waals surface area contributed by atoms with Gasteiger partial charge < -0.3 is 8.85 Å². The second-order valence-corrected chi connectivity index (χ2v) is 7.32. The van der Waals surface area contributed by atoms with E-state index in [1.54, 1.807) is 14.2 Å². The zero-order valence-electron chi connectivity index (χ0n) is 8.58. The third kappa shape index (κ3) is 1.46. The lowest BCUT2D eigenvalue weighted by Crippen LogP contribution is -2.69. The van der Waals surface area contributed by atoms with Crippen molar-refractivity contribution < 1.29 is 8.85 Å². The molecule has 1 aliphatic carbocycles. The van der Waals surface area contributed by atoms with Crippen LogP contribution in [-0.2, 0) is 8.85 Å². The molecule has 0 N–H and O–H groups in total. The SMILES string of the molecule is CO[Si]1(OC)CCN1C1CCCC1. The molecule has 0 amide bonds. The molecule has 0 aromatic carbocycles. The summed E-state index contributed by atoms with van der Waals surface area (Å²) in [5.41, 5.74) is 0. The highest BCUT2D eigenvalue weighted by Gasteiger charge is 2.54. The molecule has 0 radical (unpaired) electrons. The van der Waals surface area contributed by atoms with Crippen molar-refractivity contribution in [3.05, 3.63) is 0 Å². The maximum atomic E-state index is 5.59. The highest BCUT2D eigenvalue weighted by Crippen LogP contribution is 2.36. The normalized spacial score (nSPS) is 29.1. The quantitative estimate of drug-likeness (QED) is 0.646. The number of nitrogens with zero attached hydrogens (tertiary/aromatic N) is 1. The molecule has 3 nitrogen and oxygen atoms in total. The minimum Gasteiger partial charge on any atom is -0.386 e. The Morgan fingerprint density at radius 1 is 1.15 bits per heavy atom. The summed E-state index contributed by atoms with van der Waals surface area (Å²) in [7, 11) is 1.75. The highest BCUT2D eigenvalue weighted by atomic mass is 28.4. The molecular weight excluding hydrogens is 182 g/mol. The Hall–Kier alpha value is 0.0969. The first-order chi connectivity index (χ1) is 6.32. The molecule has 0 aromatic heterocycles. The van der Waals surface area contributed by atoms with E-state index in [1.165, 1.54) is 32.2 Å². The molecule has 2 aliphatic rings. The molecule has 1 saturated heterocycles. The van der Waals surface area contributed by atoms with Gasteiger partial charge >= 0.3 is 8.72 Å². The predicted octanol–water partition coefficient (Wildman–Crippen LogP) is 1.48. The zero-order chi connectivity index (χ0) is 9.31. The van der Waals surface area contributed by atoms with Gasteiger partial charge in [-0.15, -0.1) is 0 Å². The second-order valence-electron chi connectivity index (χ2n) is 4.00. The molecule has 1 aliphatic heterocycles. The first-order valence-corrected chi connectivity index (χ1v) is 7.16. The van der Waals surface area contributed by atoms with Gasteiger partial charge in [-0.3, -0.25) is 4.57 Å². The largest absolute Gasteiger partial charge is 0.428 e. The van der Waals surface area contributed by atoms with Gasteiger partial charge in [0.05, 0.1) is 0 Å². The van der Waals surface area contributed by atoms with E-state index < -0.39 is 8.72 Å². The van der Waals surface area contributed by atoms with Crippen molar-refractivity contribution in [3.63, 3.8) is 0 Å². The van der Waals surface area contributed by atoms with Crippen LogP contribution in [0, 0.1) is 0 Å². The van der Waals surface area contributed by atoms with E-state index in [9.17, 15) is 0 Å². The van der Waals surface area contributed by atoms with Crippen LogP contribution in [0.15, 0.2) is 0 Å². The topological polar surface area (TPSA) is 21.7 Å². The van der Waals surface area contributed by atoms with E-state index in [-0.39, 0.29) is 0 Å². The van der Waals surface area contributed by atoms with Crippen molar-refractivity contribution in [3.8, 4) is 0 Å². The lowest BCUT2D eigenvalue weighted by Gasteiger charge is -2.49. The number of hydrogen-bond acceptors (Lipinski definition) is 3. The van der Waals surface area contributed by atoms with E-state index >= 15 is 0 Å². The van der Waals surface area contributed by atoms with Crippen molar-refractivity contribution >= 4 is 8.72 Å². The minimum absolute atomic E-state index is 0.764. The summed E-state index contributed by atoms with van der Waals surface area (Å²) in [5.74, 6) is 0. The van der Waals surface area contributed by atoms with Crippen LogP contribution in [0.4, 0.5) is 0 Å². The molecule has 4 heteroatoms. The van der Waals surface area contributed by atoms with Crippen LogP contribution >= 0.6 is 0 Å². The van der Waals surface area contributed by atoms with Gasteiger partial charge in [-0.25, -0.2) is 0 Å². The van der Waals surface area contributed by atoms with Gasteiger partial charge in [0.25, 0.3) is 0 Å². The van der Waals surface area contributed by atoms with E-state index in [2.05, 4.69) is 4.57 Å². The van der Waals surface area contributed by atoms with Gasteiger partial charge in [-0.2, -0.15) is 0 Å². The highest BCUT2D eigenvalue weighted by molar-refractivity contribution is 6.67. The maximum absolute atomic E-state index is 5.59. The average molecular weight is 201 g/mol. The van der Waals surface area contributed by atoms with Crippen LogP contribution in [0.25, 0.3) is 0 Å². The molecule has 0 unspecified atom stereocenters. The Kier molecular flexibility index (Phi) is 2.74. The Morgan fingerprint density at radius 2 is 1.77 bits per heavy atom. The fourth-order valence-corrected chi connectivity index (χ4v) is 5.33. The number of rotatable bonds is 3. The standard InChI is InChI=1S/C9H19NO2Si/c1-11-13(12-2)8-7-10(13)9-5-3-4-6-9/h9H,3-8H2,1-2H3. The van der Waals surface area contributed by atoms with E-state index in [0.29, 0.717) is 0 Å². The summed E-state index contributed by atoms with van der Waals surface area (Å²) in [6.07, 6.45) is 5.47. The van der Waals surface area contributed by atoms with Gasteiger partial charge in [-0.05, 0) is 19.4 Å². The fraction of sp³-hybridized carbons (Fsp3) is 1.00. The third-order valence-corrected chi connectivity index (χ3v) is 7.10. The Morgan fingerprint density at radius 3 is 2.15 bits per heavy atom. The van der Waals surface area contributed by atoms with Crippen molar-refractivity contribution in [2.24, 2.45) is 0 Å². The monoisotopic (exact) mass is 201 g/mol. The summed E-state index contributed by atoms with van der Waals surface area (Å²) in [6, 6.07) is 1.91. The first-order valence-electron chi connectivity index (χ1n) is 5.19. The summed E-state index contributed by atoms with van der Waals surface area (Å²) in [4.78, 5) is 0. The Bertz CT molecular complexity index is 173. The predicted molar refractivity (Wildman–Crippen MR) is 53.5 cm³/mol. The molecule has 2 rings (SSSR count). The van der Waals surface area contributed by atoms with E-state index in [1.807, 2.05) is 0 Å². The van der Waals surface area contributed by atoms with E-state index in [4.69, 9.17) is 8.85 Å². The van der Waals surface area contributed by atoms with Crippen LogP contribution in [0.1, 0.15) is 25.7 Å². The Labute approximate surface area is 81.3 Å². The number of hydrogen-bond donors (Lipinski definition) is 0. The molecule has 0 aromatic rings. The zero-order valence-corrected chi connectivity index (χ0v) is 9.58. The molecule has 1 heterocycles. The summed E-state index contributed by atoms with van der Waals surface area (Å²) in [6.45, 7) is 1.19. The third-order valence-electron chi connectivity index (χ3n) is 3.51. The van der Waals surface area contributed by atoms with Crippen LogP contribution in [-0.4, -0.2) is 40.1 Å². The smallest absolute Gasteiger partial charge is 0.386 e. The minimum atomic E-state index is -1.85. The molecule has 2 fully saturated rings. The lowest BCUT2D eigenvalue weighted by atomic mass is 10.2. The first kappa shape index (κ1) is 9.64. The fourth-order valence-electron chi connectivity index (χ4n) is 2.62. The van der Waals surface area contributed by atoms with Crippen LogP contribution in [0.2, 0.25) is 6.04 Å². The van der Waals surface area contributed by atoms with Crippen LogP contribution in [0.3, 0.4) is 0 Å². The lowest BCUT2D eigenvalue weighted by molar-refractivity contribution is 0.0988.